The molecule has 0 aromatic carbocycles. The number of carbonyl (C=O) groups is 1. The minimum atomic E-state index is -0.152. The van der Waals surface area contributed by atoms with Crippen molar-refractivity contribution in [3.8, 4) is 11.3 Å². The van der Waals surface area contributed by atoms with Crippen molar-refractivity contribution >= 4 is 5.91 Å². The van der Waals surface area contributed by atoms with Crippen molar-refractivity contribution < 1.29 is 4.79 Å². The summed E-state index contributed by atoms with van der Waals surface area (Å²) in [6.45, 7) is 1.47. The molecule has 2 aromatic heterocycles. The lowest BCUT2D eigenvalue weighted by Gasteiger charge is -2.34. The Balaban J connectivity index is 1.56. The van der Waals surface area contributed by atoms with Crippen LogP contribution in [0.2, 0.25) is 0 Å². The van der Waals surface area contributed by atoms with Gasteiger partial charge in [-0.15, -0.1) is 0 Å². The topological polar surface area (TPSA) is 79.0 Å². The molecule has 26 heavy (non-hydrogen) atoms. The second-order valence-corrected chi connectivity index (χ2v) is 7.36. The highest BCUT2D eigenvalue weighted by Crippen LogP contribution is 2.30. The Morgan fingerprint density at radius 1 is 1.12 bits per heavy atom. The monoisotopic (exact) mass is 352 g/mol. The van der Waals surface area contributed by atoms with E-state index in [0.29, 0.717) is 24.0 Å². The molecule has 4 rings (SSSR count). The summed E-state index contributed by atoms with van der Waals surface area (Å²) in [6.07, 6.45) is 9.65. The van der Waals surface area contributed by atoms with E-state index < -0.39 is 0 Å². The Morgan fingerprint density at radius 2 is 1.88 bits per heavy atom. The second-order valence-electron chi connectivity index (χ2n) is 7.36. The molecule has 6 nitrogen and oxygen atoms in total. The number of hydrogen-bond donors (Lipinski definition) is 1. The molecule has 1 saturated carbocycles. The summed E-state index contributed by atoms with van der Waals surface area (Å²) in [4.78, 5) is 38.5. The van der Waals surface area contributed by atoms with Crippen LogP contribution >= 0.6 is 0 Å². The van der Waals surface area contributed by atoms with Crippen molar-refractivity contribution in [2.45, 2.75) is 44.4 Å². The van der Waals surface area contributed by atoms with E-state index in [2.05, 4.69) is 9.97 Å². The van der Waals surface area contributed by atoms with Crippen LogP contribution in [0.4, 0.5) is 0 Å². The summed E-state index contributed by atoms with van der Waals surface area (Å²) < 4.78 is 0. The molecule has 0 spiro atoms. The zero-order valence-corrected chi connectivity index (χ0v) is 14.9. The number of piperidine rings is 1. The average molecular weight is 352 g/mol. The highest BCUT2D eigenvalue weighted by molar-refractivity contribution is 5.79. The molecule has 6 heteroatoms. The Kier molecular flexibility index (Phi) is 4.82. The van der Waals surface area contributed by atoms with Gasteiger partial charge in [-0.25, -0.2) is 4.98 Å². The maximum absolute atomic E-state index is 12.8. The molecule has 2 aliphatic rings. The van der Waals surface area contributed by atoms with Crippen molar-refractivity contribution in [1.29, 1.82) is 0 Å². The van der Waals surface area contributed by atoms with Gasteiger partial charge in [0, 0.05) is 48.9 Å². The van der Waals surface area contributed by atoms with Gasteiger partial charge in [0.05, 0.1) is 5.69 Å². The summed E-state index contributed by atoms with van der Waals surface area (Å²) in [5.74, 6) is 1.26. The number of carbonyl (C=O) groups excluding carboxylic acids is 1. The quantitative estimate of drug-likeness (QED) is 0.921. The zero-order chi connectivity index (χ0) is 17.9. The van der Waals surface area contributed by atoms with Gasteiger partial charge in [0.1, 0.15) is 5.82 Å². The van der Waals surface area contributed by atoms with Gasteiger partial charge >= 0.3 is 0 Å². The van der Waals surface area contributed by atoms with Crippen LogP contribution < -0.4 is 5.56 Å². The first-order valence-corrected chi connectivity index (χ1v) is 9.51. The van der Waals surface area contributed by atoms with E-state index >= 15 is 0 Å². The number of H-pyrrole nitrogens is 1. The van der Waals surface area contributed by atoms with Gasteiger partial charge in [0.2, 0.25) is 5.91 Å². The van der Waals surface area contributed by atoms with E-state index in [9.17, 15) is 9.59 Å². The normalized spacial score (nSPS) is 21.1. The fourth-order valence-corrected chi connectivity index (χ4v) is 4.17. The molecule has 2 aromatic rings. The number of pyridine rings is 1. The second kappa shape index (κ2) is 7.40. The Bertz CT molecular complexity index is 827. The number of hydrogen-bond acceptors (Lipinski definition) is 4. The summed E-state index contributed by atoms with van der Waals surface area (Å²) >= 11 is 0. The van der Waals surface area contributed by atoms with E-state index in [-0.39, 0.29) is 17.4 Å². The summed E-state index contributed by atoms with van der Waals surface area (Å²) in [6, 6.07) is 5.22. The van der Waals surface area contributed by atoms with Crippen LogP contribution in [0.3, 0.4) is 0 Å². The van der Waals surface area contributed by atoms with Crippen LogP contribution in [0.25, 0.3) is 11.3 Å². The lowest BCUT2D eigenvalue weighted by molar-refractivity contribution is -0.136. The van der Waals surface area contributed by atoms with Crippen LogP contribution in [-0.4, -0.2) is 38.8 Å². The number of likely N-dealkylation sites (tertiary alicyclic amines) is 1. The van der Waals surface area contributed by atoms with Gasteiger partial charge in [0.15, 0.2) is 0 Å². The van der Waals surface area contributed by atoms with Crippen molar-refractivity contribution in [3.63, 3.8) is 0 Å². The van der Waals surface area contributed by atoms with Gasteiger partial charge in [-0.3, -0.25) is 14.6 Å². The lowest BCUT2D eigenvalue weighted by Crippen LogP contribution is -2.42. The smallest absolute Gasteiger partial charge is 0.251 e. The van der Waals surface area contributed by atoms with Gasteiger partial charge < -0.3 is 9.88 Å². The fraction of sp³-hybridized carbons (Fsp3) is 0.500. The molecule has 1 aliphatic heterocycles. The summed E-state index contributed by atoms with van der Waals surface area (Å²) in [7, 11) is 0. The number of amides is 1. The Hall–Kier alpha value is -2.50. The number of nitrogens with zero attached hydrogens (tertiary/aromatic N) is 3. The first kappa shape index (κ1) is 16.9. The summed E-state index contributed by atoms with van der Waals surface area (Å²) in [5, 5.41) is 0. The van der Waals surface area contributed by atoms with E-state index in [4.69, 9.17) is 4.98 Å². The third-order valence-corrected chi connectivity index (χ3v) is 5.56. The van der Waals surface area contributed by atoms with Crippen molar-refractivity contribution in [1.82, 2.24) is 19.9 Å². The third-order valence-electron chi connectivity index (χ3n) is 5.56. The van der Waals surface area contributed by atoms with Crippen LogP contribution in [-0.2, 0) is 4.79 Å². The predicted octanol–water partition coefficient (Wildman–Crippen LogP) is 2.73. The molecule has 0 radical (unpaired) electrons. The Labute approximate surface area is 152 Å². The lowest BCUT2D eigenvalue weighted by atomic mass is 9.95. The molecular weight excluding hydrogens is 328 g/mol. The molecule has 1 amide bonds. The van der Waals surface area contributed by atoms with Gasteiger partial charge in [-0.1, -0.05) is 12.8 Å². The maximum Gasteiger partial charge on any atom is 0.251 e. The van der Waals surface area contributed by atoms with Crippen molar-refractivity contribution in [2.24, 2.45) is 5.92 Å². The number of nitrogens with one attached hydrogen (secondary N) is 1. The van der Waals surface area contributed by atoms with Gasteiger partial charge in [-0.2, -0.15) is 0 Å². The van der Waals surface area contributed by atoms with E-state index in [1.165, 1.54) is 6.07 Å². The van der Waals surface area contributed by atoms with Crippen LogP contribution in [0.15, 0.2) is 35.4 Å². The highest BCUT2D eigenvalue weighted by Gasteiger charge is 2.31. The number of rotatable bonds is 3. The van der Waals surface area contributed by atoms with E-state index in [1.54, 1.807) is 12.4 Å². The average Bonchev–Trinajstić information content (AvgIpc) is 3.22. The molecule has 1 saturated heterocycles. The maximum atomic E-state index is 12.8. The van der Waals surface area contributed by atoms with E-state index in [1.807, 2.05) is 17.0 Å². The largest absolute Gasteiger partial charge is 0.342 e. The van der Waals surface area contributed by atoms with Crippen LogP contribution in [0.5, 0.6) is 0 Å². The molecule has 0 unspecified atom stereocenters. The van der Waals surface area contributed by atoms with Crippen molar-refractivity contribution in [3.05, 3.63) is 46.8 Å². The molecule has 3 heterocycles. The molecule has 1 aliphatic carbocycles. The predicted molar refractivity (Wildman–Crippen MR) is 98.6 cm³/mol. The molecule has 136 valence electrons. The van der Waals surface area contributed by atoms with Gasteiger partial charge in [-0.05, 0) is 37.8 Å². The molecular formula is C20H24N4O2. The third kappa shape index (κ3) is 3.54. The standard InChI is InChI=1S/C20H24N4O2/c25-18-12-17(14-7-9-21-10-8-14)22-19(23-18)16-6-3-11-24(13-16)20(26)15-4-1-2-5-15/h7-10,12,15-16H,1-6,11,13H2,(H,22,23,25)/t16-/m1/s1. The first-order chi connectivity index (χ1) is 12.7. The minimum Gasteiger partial charge on any atom is -0.342 e. The number of aromatic amines is 1. The highest BCUT2D eigenvalue weighted by atomic mass is 16.2. The van der Waals surface area contributed by atoms with Crippen LogP contribution in [0.1, 0.15) is 50.3 Å². The SMILES string of the molecule is O=C(C1CCCC1)N1CCC[C@@H](c2nc(-c3ccncc3)cc(=O)[nH]2)C1. The molecule has 1 atom stereocenters. The van der Waals surface area contributed by atoms with E-state index in [0.717, 1.165) is 50.6 Å². The minimum absolute atomic E-state index is 0.0867. The van der Waals surface area contributed by atoms with Crippen LogP contribution in [0, 0.1) is 5.92 Å². The fourth-order valence-electron chi connectivity index (χ4n) is 4.17. The molecule has 2 fully saturated rings. The number of aromatic nitrogens is 3. The zero-order valence-electron chi connectivity index (χ0n) is 14.9. The summed E-state index contributed by atoms with van der Waals surface area (Å²) in [5.41, 5.74) is 1.38. The van der Waals surface area contributed by atoms with Gasteiger partial charge in [0.25, 0.3) is 5.56 Å². The van der Waals surface area contributed by atoms with Crippen molar-refractivity contribution in [2.75, 3.05) is 13.1 Å². The molecule has 1 N–H and O–H groups in total. The first-order valence-electron chi connectivity index (χ1n) is 9.51. The molecule has 0 bridgehead atoms. The Morgan fingerprint density at radius 3 is 2.65 bits per heavy atom.